The van der Waals surface area contributed by atoms with Crippen molar-refractivity contribution in [3.63, 3.8) is 0 Å². The maximum atomic E-state index is 10.4. The number of pyridine rings is 1. The van der Waals surface area contributed by atoms with Crippen molar-refractivity contribution in [3.05, 3.63) is 29.4 Å². The number of hydrogen-bond donors (Lipinski definition) is 0. The van der Waals surface area contributed by atoms with Crippen LogP contribution in [-0.2, 0) is 0 Å². The second-order valence-electron chi connectivity index (χ2n) is 2.31. The molecule has 0 aliphatic heterocycles. The number of thiophene rings is 1. The number of rotatable bonds is 1. The molecule has 0 bridgehead atoms. The van der Waals surface area contributed by atoms with Gasteiger partial charge in [0.2, 0.25) is 0 Å². The number of aromatic nitrogens is 1. The van der Waals surface area contributed by atoms with Crippen LogP contribution in [0.3, 0.4) is 0 Å². The van der Waals surface area contributed by atoms with Gasteiger partial charge in [-0.15, -0.1) is 11.3 Å². The van der Waals surface area contributed by atoms with E-state index in [-0.39, 0.29) is 34.4 Å². The van der Waals surface area contributed by atoms with Crippen molar-refractivity contribution in [3.8, 4) is 0 Å². The molecule has 0 unspecified atom stereocenters. The van der Waals surface area contributed by atoms with Crippen LogP contribution in [-0.4, -0.2) is 11.0 Å². The Labute approximate surface area is 101 Å². The fourth-order valence-corrected chi connectivity index (χ4v) is 1.85. The molecule has 2 heterocycles. The van der Waals surface area contributed by atoms with E-state index in [2.05, 4.69) is 4.98 Å². The number of fused-ring (bicyclic) bond motifs is 1. The molecule has 5 heteroatoms. The first-order chi connectivity index (χ1) is 5.77. The van der Waals surface area contributed by atoms with E-state index >= 15 is 0 Å². The second kappa shape index (κ2) is 4.19. The van der Waals surface area contributed by atoms with Gasteiger partial charge in [-0.1, -0.05) is 0 Å². The number of carboxylic acids is 1. The third kappa shape index (κ3) is 2.08. The largest absolute Gasteiger partial charge is 1.00 e. The molecule has 0 atom stereocenters. The van der Waals surface area contributed by atoms with Gasteiger partial charge in [-0.3, -0.25) is 4.98 Å². The van der Waals surface area contributed by atoms with Crippen molar-refractivity contribution in [2.75, 3.05) is 0 Å². The summed E-state index contributed by atoms with van der Waals surface area (Å²) in [4.78, 5) is 14.6. The van der Waals surface area contributed by atoms with Crippen LogP contribution in [0.1, 0.15) is 9.67 Å². The molecule has 0 amide bonds. The molecular formula is C8H4NNaO2S. The van der Waals surface area contributed by atoms with E-state index in [0.29, 0.717) is 0 Å². The van der Waals surface area contributed by atoms with Gasteiger partial charge < -0.3 is 9.90 Å². The van der Waals surface area contributed by atoms with Crippen molar-refractivity contribution < 1.29 is 39.5 Å². The Bertz CT molecular complexity index is 407. The monoisotopic (exact) mass is 201 g/mol. The van der Waals surface area contributed by atoms with Gasteiger partial charge in [-0.2, -0.15) is 0 Å². The summed E-state index contributed by atoms with van der Waals surface area (Å²) in [5, 5.41) is 11.3. The van der Waals surface area contributed by atoms with Gasteiger partial charge in [0.1, 0.15) is 0 Å². The zero-order valence-electron chi connectivity index (χ0n) is 6.98. The number of carbonyl (C=O) groups excluding carboxylic acids is 1. The van der Waals surface area contributed by atoms with E-state index in [0.717, 1.165) is 10.1 Å². The number of carbonyl (C=O) groups is 1. The summed E-state index contributed by atoms with van der Waals surface area (Å²) >= 11 is 1.20. The zero-order chi connectivity index (χ0) is 8.55. The summed E-state index contributed by atoms with van der Waals surface area (Å²) in [7, 11) is 0. The average Bonchev–Trinajstić information content (AvgIpc) is 2.46. The Morgan fingerprint density at radius 2 is 2.31 bits per heavy atom. The molecule has 0 saturated carbocycles. The molecule has 0 saturated heterocycles. The van der Waals surface area contributed by atoms with Crippen LogP contribution >= 0.6 is 11.3 Å². The third-order valence-corrected chi connectivity index (χ3v) is 2.61. The van der Waals surface area contributed by atoms with Crippen molar-refractivity contribution in [1.82, 2.24) is 4.98 Å². The molecule has 0 radical (unpaired) electrons. The Morgan fingerprint density at radius 1 is 1.54 bits per heavy atom. The minimum absolute atomic E-state index is 0. The van der Waals surface area contributed by atoms with Crippen LogP contribution < -0.4 is 34.7 Å². The van der Waals surface area contributed by atoms with Gasteiger partial charge >= 0.3 is 29.6 Å². The fraction of sp³-hybridized carbons (Fsp3) is 0. The topological polar surface area (TPSA) is 53.0 Å². The molecule has 0 aliphatic carbocycles. The summed E-state index contributed by atoms with van der Waals surface area (Å²) < 4.78 is 0.921. The van der Waals surface area contributed by atoms with E-state index < -0.39 is 5.97 Å². The van der Waals surface area contributed by atoms with E-state index in [4.69, 9.17) is 0 Å². The van der Waals surface area contributed by atoms with Crippen LogP contribution in [0, 0.1) is 0 Å². The Morgan fingerprint density at radius 3 is 2.92 bits per heavy atom. The molecule has 0 N–H and O–H groups in total. The van der Waals surface area contributed by atoms with E-state index in [9.17, 15) is 9.90 Å². The van der Waals surface area contributed by atoms with E-state index in [1.807, 2.05) is 0 Å². The van der Waals surface area contributed by atoms with E-state index in [1.165, 1.54) is 11.3 Å². The predicted octanol–water partition coefficient (Wildman–Crippen LogP) is -2.34. The first-order valence-electron chi connectivity index (χ1n) is 3.32. The summed E-state index contributed by atoms with van der Waals surface area (Å²) in [6.07, 6.45) is 3.27. The van der Waals surface area contributed by atoms with Gasteiger partial charge in [-0.05, 0) is 12.1 Å². The molecule has 2 aromatic heterocycles. The summed E-state index contributed by atoms with van der Waals surface area (Å²) in [5.41, 5.74) is 0. The molecule has 0 fully saturated rings. The minimum Gasteiger partial charge on any atom is -0.544 e. The molecular weight excluding hydrogens is 197 g/mol. The summed E-state index contributed by atoms with van der Waals surface area (Å²) in [5.74, 6) is -1.13. The number of nitrogens with zero attached hydrogens (tertiary/aromatic N) is 1. The van der Waals surface area contributed by atoms with Crippen molar-refractivity contribution in [2.24, 2.45) is 0 Å². The van der Waals surface area contributed by atoms with Gasteiger partial charge in [0, 0.05) is 22.5 Å². The zero-order valence-corrected chi connectivity index (χ0v) is 9.80. The first-order valence-corrected chi connectivity index (χ1v) is 4.14. The molecule has 2 aromatic rings. The van der Waals surface area contributed by atoms with Gasteiger partial charge in [0.25, 0.3) is 0 Å². The standard InChI is InChI=1S/C8H5NO2S.Na/c10-8(11)7-3-5-4-9-2-1-6(5)12-7;/h1-4H,(H,10,11);/q;+1/p-1. The Balaban J connectivity index is 0.000000845. The summed E-state index contributed by atoms with van der Waals surface area (Å²) in [6, 6.07) is 3.36. The van der Waals surface area contributed by atoms with Crippen LogP contribution in [0.2, 0.25) is 0 Å². The molecule has 3 nitrogen and oxygen atoms in total. The maximum absolute atomic E-state index is 10.4. The van der Waals surface area contributed by atoms with Crippen molar-refractivity contribution in [1.29, 1.82) is 0 Å². The molecule has 0 aliphatic rings. The second-order valence-corrected chi connectivity index (χ2v) is 3.40. The fourth-order valence-electron chi connectivity index (χ4n) is 0.985. The molecule has 0 spiro atoms. The predicted molar refractivity (Wildman–Crippen MR) is 44.0 cm³/mol. The van der Waals surface area contributed by atoms with Crippen LogP contribution in [0.25, 0.3) is 10.1 Å². The van der Waals surface area contributed by atoms with Gasteiger partial charge in [-0.25, -0.2) is 0 Å². The van der Waals surface area contributed by atoms with Crippen LogP contribution in [0.15, 0.2) is 24.5 Å². The minimum atomic E-state index is -1.13. The molecule has 2 rings (SSSR count). The van der Waals surface area contributed by atoms with Crippen LogP contribution in [0.4, 0.5) is 0 Å². The SMILES string of the molecule is O=C([O-])c1cc2cnccc2s1.[Na+]. The quantitative estimate of drug-likeness (QED) is 0.486. The van der Waals surface area contributed by atoms with Crippen molar-refractivity contribution >= 4 is 27.4 Å². The third-order valence-electron chi connectivity index (χ3n) is 1.52. The normalized spacial score (nSPS) is 9.54. The average molecular weight is 201 g/mol. The molecule has 13 heavy (non-hydrogen) atoms. The molecule has 0 aromatic carbocycles. The molecule has 60 valence electrons. The summed E-state index contributed by atoms with van der Waals surface area (Å²) in [6.45, 7) is 0. The number of aromatic carboxylic acids is 1. The van der Waals surface area contributed by atoms with Gasteiger partial charge in [0.05, 0.1) is 10.8 Å². The smallest absolute Gasteiger partial charge is 0.544 e. The number of carboxylic acid groups (broad SMARTS) is 1. The number of hydrogen-bond acceptors (Lipinski definition) is 4. The maximum Gasteiger partial charge on any atom is 1.00 e. The Hall–Kier alpha value is -0.420. The first kappa shape index (κ1) is 10.7. The van der Waals surface area contributed by atoms with E-state index in [1.54, 1.807) is 24.5 Å². The van der Waals surface area contributed by atoms with Gasteiger partial charge in [0.15, 0.2) is 0 Å². The Kier molecular flexibility index (Phi) is 3.44. The van der Waals surface area contributed by atoms with Crippen molar-refractivity contribution in [2.45, 2.75) is 0 Å². The van der Waals surface area contributed by atoms with Crippen LogP contribution in [0.5, 0.6) is 0 Å².